The van der Waals surface area contributed by atoms with E-state index in [0.717, 1.165) is 19.3 Å². The molecule has 0 spiro atoms. The molecule has 0 unspecified atom stereocenters. The fraction of sp³-hybridized carbons (Fsp3) is 0.833. The number of hydrogen-bond donors (Lipinski definition) is 0. The molecule has 0 aromatic heterocycles. The second-order valence-corrected chi connectivity index (χ2v) is 3.32. The maximum absolute atomic E-state index is 10.9. The zero-order valence-electron chi connectivity index (χ0n) is 4.94. The number of alkyl halides is 2. The Morgan fingerprint density at radius 3 is 2.00 bits per heavy atom. The van der Waals surface area contributed by atoms with E-state index < -0.39 is 0 Å². The third kappa shape index (κ3) is 1.59. The second kappa shape index (κ2) is 2.89. The molecule has 1 aliphatic carbocycles. The first-order valence-corrected chi connectivity index (χ1v) is 3.91. The smallest absolute Gasteiger partial charge is 0.168 e. The van der Waals surface area contributed by atoms with Gasteiger partial charge in [-0.2, -0.15) is 0 Å². The maximum Gasteiger partial charge on any atom is 0.168 e. The molecule has 0 aromatic carbocycles. The summed E-state index contributed by atoms with van der Waals surface area (Å²) in [5.74, 6) is 0.00424. The topological polar surface area (TPSA) is 17.1 Å². The molecular formula is C6H8Cl2O. The van der Waals surface area contributed by atoms with E-state index in [1.807, 2.05) is 0 Å². The monoisotopic (exact) mass is 166 g/mol. The quantitative estimate of drug-likeness (QED) is 0.504. The van der Waals surface area contributed by atoms with Gasteiger partial charge in [0.05, 0.1) is 10.8 Å². The Balaban J connectivity index is 2.52. The first-order chi connectivity index (χ1) is 4.22. The van der Waals surface area contributed by atoms with Crippen molar-refractivity contribution in [3.8, 4) is 0 Å². The van der Waals surface area contributed by atoms with E-state index in [0.29, 0.717) is 0 Å². The van der Waals surface area contributed by atoms with Crippen molar-refractivity contribution in [3.05, 3.63) is 0 Å². The molecule has 3 heteroatoms. The number of ketones is 1. The summed E-state index contributed by atoms with van der Waals surface area (Å²) in [7, 11) is 0. The van der Waals surface area contributed by atoms with Gasteiger partial charge in [-0.1, -0.05) is 0 Å². The van der Waals surface area contributed by atoms with E-state index in [2.05, 4.69) is 0 Å². The first kappa shape index (κ1) is 7.36. The molecule has 2 atom stereocenters. The van der Waals surface area contributed by atoms with Gasteiger partial charge in [0.15, 0.2) is 5.78 Å². The predicted octanol–water partition coefficient (Wildman–Crippen LogP) is 1.95. The Morgan fingerprint density at radius 2 is 1.67 bits per heavy atom. The van der Waals surface area contributed by atoms with Crippen molar-refractivity contribution in [1.82, 2.24) is 0 Å². The zero-order valence-corrected chi connectivity index (χ0v) is 6.45. The van der Waals surface area contributed by atoms with Crippen LogP contribution in [0.2, 0.25) is 0 Å². The molecule has 9 heavy (non-hydrogen) atoms. The maximum atomic E-state index is 10.9. The minimum atomic E-state index is -0.318. The van der Waals surface area contributed by atoms with Gasteiger partial charge >= 0.3 is 0 Å². The summed E-state index contributed by atoms with van der Waals surface area (Å²) in [6.45, 7) is 0. The van der Waals surface area contributed by atoms with E-state index in [9.17, 15) is 4.79 Å². The summed E-state index contributed by atoms with van der Waals surface area (Å²) in [4.78, 5) is 10.9. The molecule has 0 aromatic rings. The van der Waals surface area contributed by atoms with Crippen molar-refractivity contribution in [1.29, 1.82) is 0 Å². The highest BCUT2D eigenvalue weighted by Crippen LogP contribution is 2.23. The van der Waals surface area contributed by atoms with Gasteiger partial charge in [0.1, 0.15) is 0 Å². The average Bonchev–Trinajstić information content (AvgIpc) is 1.83. The van der Waals surface area contributed by atoms with Crippen LogP contribution in [0.25, 0.3) is 0 Å². The molecule has 1 rings (SSSR count). The summed E-state index contributed by atoms with van der Waals surface area (Å²) >= 11 is 11.3. The van der Waals surface area contributed by atoms with Gasteiger partial charge in [0.2, 0.25) is 0 Å². The molecule has 0 N–H and O–H groups in total. The predicted molar refractivity (Wildman–Crippen MR) is 38.1 cm³/mol. The van der Waals surface area contributed by atoms with Crippen LogP contribution < -0.4 is 0 Å². The van der Waals surface area contributed by atoms with Crippen molar-refractivity contribution in [2.24, 2.45) is 0 Å². The highest BCUT2D eigenvalue weighted by Gasteiger charge is 2.27. The third-order valence-electron chi connectivity index (χ3n) is 1.53. The van der Waals surface area contributed by atoms with Gasteiger partial charge in [-0.3, -0.25) is 4.79 Å². The molecule has 0 saturated heterocycles. The number of carbonyl (C=O) groups excluding carboxylic acids is 1. The summed E-state index contributed by atoms with van der Waals surface area (Å²) < 4.78 is 0. The SMILES string of the molecule is O=C1[C@@H](Cl)CCC[C@@H]1Cl. The van der Waals surface area contributed by atoms with Gasteiger partial charge in [-0.05, 0) is 19.3 Å². The molecule has 52 valence electrons. The van der Waals surface area contributed by atoms with Gasteiger partial charge in [-0.15, -0.1) is 23.2 Å². The molecule has 0 bridgehead atoms. The summed E-state index contributed by atoms with van der Waals surface area (Å²) in [5.41, 5.74) is 0. The van der Waals surface area contributed by atoms with Gasteiger partial charge < -0.3 is 0 Å². The van der Waals surface area contributed by atoms with E-state index in [-0.39, 0.29) is 16.5 Å². The Bertz CT molecular complexity index is 112. The van der Waals surface area contributed by atoms with Crippen LogP contribution in [-0.2, 0) is 4.79 Å². The van der Waals surface area contributed by atoms with E-state index in [1.165, 1.54) is 0 Å². The zero-order chi connectivity index (χ0) is 6.85. The minimum Gasteiger partial charge on any atom is -0.296 e. The standard InChI is InChI=1S/C6H8Cl2O/c7-4-2-1-3-5(8)6(4)9/h4-5H,1-3H2/t4-,5-/m0/s1. The Morgan fingerprint density at radius 1 is 1.22 bits per heavy atom. The molecule has 1 saturated carbocycles. The van der Waals surface area contributed by atoms with Crippen molar-refractivity contribution in [3.63, 3.8) is 0 Å². The number of halogens is 2. The lowest BCUT2D eigenvalue weighted by Crippen LogP contribution is -2.29. The Labute approximate surface area is 64.3 Å². The number of carbonyl (C=O) groups is 1. The molecule has 0 aliphatic heterocycles. The third-order valence-corrected chi connectivity index (χ3v) is 2.40. The summed E-state index contributed by atoms with van der Waals surface area (Å²) in [5, 5.41) is -0.637. The van der Waals surface area contributed by atoms with Crippen LogP contribution in [-0.4, -0.2) is 16.5 Å². The summed E-state index contributed by atoms with van der Waals surface area (Å²) in [6.07, 6.45) is 2.57. The molecule has 0 heterocycles. The van der Waals surface area contributed by atoms with Crippen LogP contribution >= 0.6 is 23.2 Å². The lowest BCUT2D eigenvalue weighted by atomic mass is 9.98. The van der Waals surface area contributed by atoms with E-state index >= 15 is 0 Å². The Hall–Kier alpha value is 0.250. The average molecular weight is 167 g/mol. The normalized spacial score (nSPS) is 36.9. The van der Waals surface area contributed by atoms with Crippen LogP contribution in [0.5, 0.6) is 0 Å². The van der Waals surface area contributed by atoms with Crippen molar-refractivity contribution in [2.45, 2.75) is 30.0 Å². The van der Waals surface area contributed by atoms with E-state index in [4.69, 9.17) is 23.2 Å². The van der Waals surface area contributed by atoms with Gasteiger partial charge in [0, 0.05) is 0 Å². The van der Waals surface area contributed by atoms with Crippen LogP contribution in [0.15, 0.2) is 0 Å². The van der Waals surface area contributed by atoms with Gasteiger partial charge in [0.25, 0.3) is 0 Å². The molecule has 1 aliphatic rings. The van der Waals surface area contributed by atoms with E-state index in [1.54, 1.807) is 0 Å². The largest absolute Gasteiger partial charge is 0.296 e. The lowest BCUT2D eigenvalue weighted by molar-refractivity contribution is -0.119. The van der Waals surface area contributed by atoms with Crippen LogP contribution in [0, 0.1) is 0 Å². The van der Waals surface area contributed by atoms with Crippen LogP contribution in [0.3, 0.4) is 0 Å². The first-order valence-electron chi connectivity index (χ1n) is 3.03. The molecule has 1 nitrogen and oxygen atoms in total. The molecule has 0 amide bonds. The fourth-order valence-electron chi connectivity index (χ4n) is 0.957. The number of hydrogen-bond acceptors (Lipinski definition) is 1. The molecular weight excluding hydrogens is 159 g/mol. The van der Waals surface area contributed by atoms with Gasteiger partial charge in [-0.25, -0.2) is 0 Å². The number of rotatable bonds is 0. The van der Waals surface area contributed by atoms with Crippen LogP contribution in [0.4, 0.5) is 0 Å². The second-order valence-electron chi connectivity index (χ2n) is 2.27. The Kier molecular flexibility index (Phi) is 2.36. The fourth-order valence-corrected chi connectivity index (χ4v) is 1.63. The highest BCUT2D eigenvalue weighted by molar-refractivity contribution is 6.40. The number of Topliss-reactive ketones (excluding diaryl/α,β-unsaturated/α-hetero) is 1. The van der Waals surface area contributed by atoms with Crippen molar-refractivity contribution in [2.75, 3.05) is 0 Å². The van der Waals surface area contributed by atoms with Crippen molar-refractivity contribution < 1.29 is 4.79 Å². The molecule has 0 radical (unpaired) electrons. The van der Waals surface area contributed by atoms with Crippen molar-refractivity contribution >= 4 is 29.0 Å². The minimum absolute atomic E-state index is 0.00424. The van der Waals surface area contributed by atoms with Crippen LogP contribution in [0.1, 0.15) is 19.3 Å². The summed E-state index contributed by atoms with van der Waals surface area (Å²) in [6, 6.07) is 0. The highest BCUT2D eigenvalue weighted by atomic mass is 35.5. The molecule has 1 fully saturated rings. The lowest BCUT2D eigenvalue weighted by Gasteiger charge is -2.18.